The van der Waals surface area contributed by atoms with E-state index in [0.29, 0.717) is 10.7 Å². The summed E-state index contributed by atoms with van der Waals surface area (Å²) in [5.74, 6) is -0.218. The van der Waals surface area contributed by atoms with Crippen LogP contribution in [0, 0.1) is 12.7 Å². The van der Waals surface area contributed by atoms with Gasteiger partial charge in [-0.1, -0.05) is 6.07 Å². The van der Waals surface area contributed by atoms with Crippen LogP contribution in [0.5, 0.6) is 0 Å². The van der Waals surface area contributed by atoms with Crippen LogP contribution in [0.3, 0.4) is 0 Å². The van der Waals surface area contributed by atoms with E-state index in [0.717, 1.165) is 16.9 Å². The van der Waals surface area contributed by atoms with Gasteiger partial charge in [-0.15, -0.1) is 0 Å². The van der Waals surface area contributed by atoms with Gasteiger partial charge in [0.05, 0.1) is 17.8 Å². The Balaban J connectivity index is 1.83. The Morgan fingerprint density at radius 1 is 1.19 bits per heavy atom. The maximum Gasteiger partial charge on any atom is 0.174 e. The summed E-state index contributed by atoms with van der Waals surface area (Å²) in [6.45, 7) is 1.76. The summed E-state index contributed by atoms with van der Waals surface area (Å²) < 4.78 is 15.8. The molecule has 2 aromatic heterocycles. The van der Waals surface area contributed by atoms with E-state index in [2.05, 4.69) is 27.5 Å². The van der Waals surface area contributed by atoms with Crippen LogP contribution in [0.25, 0.3) is 0 Å². The minimum absolute atomic E-state index is 0.0662. The van der Waals surface area contributed by atoms with Gasteiger partial charge in [0.25, 0.3) is 0 Å². The summed E-state index contributed by atoms with van der Waals surface area (Å²) >= 11 is 5.65. The summed E-state index contributed by atoms with van der Waals surface area (Å²) in [5, 5.41) is 4.01. The molecule has 2 atom stereocenters. The second kappa shape index (κ2) is 6.53. The van der Waals surface area contributed by atoms with E-state index >= 15 is 0 Å². The first-order chi connectivity index (χ1) is 12.5. The predicted molar refractivity (Wildman–Crippen MR) is 104 cm³/mol. The lowest BCUT2D eigenvalue weighted by Gasteiger charge is -2.27. The van der Waals surface area contributed by atoms with Crippen LogP contribution in [0.4, 0.5) is 10.1 Å². The smallest absolute Gasteiger partial charge is 0.174 e. The SMILES string of the molecule is Cc1cc(N2C(=S)N[C@H](c3ccccn3)[C@H]2c2ccn(C)c2)ccc1F. The maximum absolute atomic E-state index is 13.8. The molecule has 26 heavy (non-hydrogen) atoms. The van der Waals surface area contributed by atoms with Crippen molar-refractivity contribution in [1.29, 1.82) is 0 Å². The molecular formula is C20H19FN4S. The number of hydrogen-bond donors (Lipinski definition) is 1. The van der Waals surface area contributed by atoms with Crippen LogP contribution >= 0.6 is 12.2 Å². The standard InChI is InChI=1S/C20H19FN4S/c1-13-11-15(6-7-16(13)21)25-19(14-8-10-24(2)12-14)18(23-20(25)26)17-5-3-4-9-22-17/h3-12,18-19H,1-2H3,(H,23,26)/t18-,19-/m1/s1. The topological polar surface area (TPSA) is 33.1 Å². The van der Waals surface area contributed by atoms with E-state index in [9.17, 15) is 4.39 Å². The van der Waals surface area contributed by atoms with Gasteiger partial charge in [0.1, 0.15) is 5.82 Å². The Morgan fingerprint density at radius 2 is 2.04 bits per heavy atom. The highest BCUT2D eigenvalue weighted by Crippen LogP contribution is 2.41. The van der Waals surface area contributed by atoms with Gasteiger partial charge in [0.2, 0.25) is 0 Å². The number of thiocarbonyl (C=S) groups is 1. The number of benzene rings is 1. The number of pyridine rings is 1. The van der Waals surface area contributed by atoms with Crippen LogP contribution in [0.1, 0.15) is 28.9 Å². The van der Waals surface area contributed by atoms with Gasteiger partial charge in [-0.3, -0.25) is 4.98 Å². The monoisotopic (exact) mass is 366 g/mol. The van der Waals surface area contributed by atoms with Gasteiger partial charge in [0, 0.05) is 31.3 Å². The van der Waals surface area contributed by atoms with Crippen molar-refractivity contribution in [1.82, 2.24) is 14.9 Å². The molecule has 1 N–H and O–H groups in total. The number of nitrogens with one attached hydrogen (secondary N) is 1. The Morgan fingerprint density at radius 3 is 2.69 bits per heavy atom. The largest absolute Gasteiger partial charge is 0.357 e. The second-order valence-electron chi connectivity index (χ2n) is 6.54. The molecule has 0 radical (unpaired) electrons. The number of hydrogen-bond acceptors (Lipinski definition) is 2. The number of anilines is 1. The Bertz CT molecular complexity index is 953. The fourth-order valence-electron chi connectivity index (χ4n) is 3.45. The normalized spacial score (nSPS) is 19.7. The lowest BCUT2D eigenvalue weighted by atomic mass is 9.98. The molecule has 0 unspecified atom stereocenters. The predicted octanol–water partition coefficient (Wildman–Crippen LogP) is 4.04. The summed E-state index contributed by atoms with van der Waals surface area (Å²) in [7, 11) is 1.99. The third-order valence-corrected chi connectivity index (χ3v) is 5.03. The zero-order valence-electron chi connectivity index (χ0n) is 14.6. The van der Waals surface area contributed by atoms with Gasteiger partial charge in [-0.2, -0.15) is 0 Å². The van der Waals surface area contributed by atoms with E-state index in [1.54, 1.807) is 19.2 Å². The molecule has 0 aliphatic carbocycles. The van der Waals surface area contributed by atoms with E-state index in [1.807, 2.05) is 42.1 Å². The van der Waals surface area contributed by atoms with Gasteiger partial charge in [0.15, 0.2) is 5.11 Å². The van der Waals surface area contributed by atoms with Crippen LogP contribution in [0.15, 0.2) is 61.1 Å². The number of aromatic nitrogens is 2. The first-order valence-electron chi connectivity index (χ1n) is 8.43. The first-order valence-corrected chi connectivity index (χ1v) is 8.84. The Labute approximate surface area is 157 Å². The molecule has 0 amide bonds. The van der Waals surface area contributed by atoms with E-state index in [-0.39, 0.29) is 17.9 Å². The Kier molecular flexibility index (Phi) is 4.20. The van der Waals surface area contributed by atoms with Crippen LogP contribution in [0.2, 0.25) is 0 Å². The molecule has 1 aliphatic rings. The highest BCUT2D eigenvalue weighted by molar-refractivity contribution is 7.80. The van der Waals surface area contributed by atoms with Crippen molar-refractivity contribution < 1.29 is 4.39 Å². The fraction of sp³-hybridized carbons (Fsp3) is 0.200. The molecule has 1 aromatic carbocycles. The van der Waals surface area contributed by atoms with Gasteiger partial charge >= 0.3 is 0 Å². The van der Waals surface area contributed by atoms with Crippen LogP contribution < -0.4 is 10.2 Å². The highest BCUT2D eigenvalue weighted by atomic mass is 32.1. The number of halogens is 1. The molecule has 0 bridgehead atoms. The molecule has 6 heteroatoms. The summed E-state index contributed by atoms with van der Waals surface area (Å²) in [6.07, 6.45) is 5.88. The molecule has 132 valence electrons. The molecule has 1 fully saturated rings. The van der Waals surface area contributed by atoms with Crippen molar-refractivity contribution >= 4 is 23.0 Å². The second-order valence-corrected chi connectivity index (χ2v) is 6.93. The minimum atomic E-state index is -0.218. The average molecular weight is 366 g/mol. The minimum Gasteiger partial charge on any atom is -0.357 e. The van der Waals surface area contributed by atoms with Crippen LogP contribution in [-0.4, -0.2) is 14.7 Å². The summed E-state index contributed by atoms with van der Waals surface area (Å²) in [4.78, 5) is 6.57. The first kappa shape index (κ1) is 16.7. The van der Waals surface area contributed by atoms with Crippen molar-refractivity contribution in [2.45, 2.75) is 19.0 Å². The van der Waals surface area contributed by atoms with Crippen molar-refractivity contribution in [2.24, 2.45) is 7.05 Å². The molecule has 0 saturated carbocycles. The molecule has 1 saturated heterocycles. The third-order valence-electron chi connectivity index (χ3n) is 4.71. The highest BCUT2D eigenvalue weighted by Gasteiger charge is 2.41. The van der Waals surface area contributed by atoms with Crippen molar-refractivity contribution in [3.05, 3.63) is 83.7 Å². The molecule has 3 aromatic rings. The third kappa shape index (κ3) is 2.86. The quantitative estimate of drug-likeness (QED) is 0.709. The Hall–Kier alpha value is -2.73. The molecule has 0 spiro atoms. The molecule has 3 heterocycles. The maximum atomic E-state index is 13.8. The molecule has 4 nitrogen and oxygen atoms in total. The van der Waals surface area contributed by atoms with Gasteiger partial charge in [-0.05, 0) is 66.7 Å². The number of rotatable bonds is 3. The van der Waals surface area contributed by atoms with Gasteiger partial charge in [-0.25, -0.2) is 4.39 Å². The van der Waals surface area contributed by atoms with Crippen molar-refractivity contribution in [3.8, 4) is 0 Å². The molecule has 1 aliphatic heterocycles. The summed E-state index contributed by atoms with van der Waals surface area (Å²) in [5.41, 5.74) is 3.51. The van der Waals surface area contributed by atoms with Crippen molar-refractivity contribution in [3.63, 3.8) is 0 Å². The lowest BCUT2D eigenvalue weighted by molar-refractivity contribution is 0.567. The molecule has 4 rings (SSSR count). The fourth-order valence-corrected chi connectivity index (χ4v) is 3.80. The molecular weight excluding hydrogens is 347 g/mol. The van der Waals surface area contributed by atoms with Crippen molar-refractivity contribution in [2.75, 3.05) is 4.90 Å². The zero-order valence-corrected chi connectivity index (χ0v) is 15.4. The van der Waals surface area contributed by atoms with E-state index in [4.69, 9.17) is 12.2 Å². The van der Waals surface area contributed by atoms with Crippen LogP contribution in [-0.2, 0) is 7.05 Å². The van der Waals surface area contributed by atoms with E-state index < -0.39 is 0 Å². The number of aryl methyl sites for hydroxylation is 2. The van der Waals surface area contributed by atoms with E-state index in [1.165, 1.54) is 6.07 Å². The van der Waals surface area contributed by atoms with Gasteiger partial charge < -0.3 is 14.8 Å². The lowest BCUT2D eigenvalue weighted by Crippen LogP contribution is -2.29. The average Bonchev–Trinajstić information content (AvgIpc) is 3.21. The number of nitrogens with zero attached hydrogens (tertiary/aromatic N) is 3. The zero-order chi connectivity index (χ0) is 18.3. The summed E-state index contributed by atoms with van der Waals surface area (Å²) in [6, 6.07) is 12.9.